The van der Waals surface area contributed by atoms with Crippen molar-refractivity contribution in [3.05, 3.63) is 76.3 Å². The average Bonchev–Trinajstić information content (AvgIpc) is 2.83. The number of fused-ring (bicyclic) bond motifs is 2. The molecule has 188 valence electrons. The minimum atomic E-state index is -3.67. The van der Waals surface area contributed by atoms with Crippen molar-refractivity contribution in [1.82, 2.24) is 14.9 Å². The quantitative estimate of drug-likeness (QED) is 0.351. The molecule has 2 aromatic heterocycles. The van der Waals surface area contributed by atoms with E-state index in [1.165, 1.54) is 6.20 Å². The molecule has 3 N–H and O–H groups in total. The SMILES string of the molecule is CS(=O)(=O)O.O=C(O)c1cn(-c2cccc3ccccc23)c2nc(N3CCNCC3)c(F)cc2c1=O. The number of halogens is 1. The molecule has 0 bridgehead atoms. The molecule has 1 fully saturated rings. The van der Waals surface area contributed by atoms with Crippen LogP contribution in [0.5, 0.6) is 0 Å². The Bertz CT molecular complexity index is 1620. The van der Waals surface area contributed by atoms with Gasteiger partial charge in [-0.25, -0.2) is 14.2 Å². The number of rotatable bonds is 3. The van der Waals surface area contributed by atoms with E-state index < -0.39 is 32.9 Å². The predicted octanol–water partition coefficient (Wildman–Crippen LogP) is 2.29. The highest BCUT2D eigenvalue weighted by atomic mass is 32.2. The number of piperazine rings is 1. The van der Waals surface area contributed by atoms with Crippen LogP contribution in [0.2, 0.25) is 0 Å². The molecular formula is C24H23FN4O6S. The third-order valence-corrected chi connectivity index (χ3v) is 5.59. The molecule has 0 saturated carbocycles. The Kier molecular flexibility index (Phi) is 7.02. The zero-order valence-corrected chi connectivity index (χ0v) is 20.0. The van der Waals surface area contributed by atoms with Gasteiger partial charge in [0.1, 0.15) is 5.56 Å². The van der Waals surface area contributed by atoms with E-state index in [1.807, 2.05) is 47.4 Å². The first-order valence-electron chi connectivity index (χ1n) is 10.9. The molecule has 0 radical (unpaired) electrons. The van der Waals surface area contributed by atoms with Crippen LogP contribution < -0.4 is 15.6 Å². The van der Waals surface area contributed by atoms with Gasteiger partial charge in [0.25, 0.3) is 10.1 Å². The third-order valence-electron chi connectivity index (χ3n) is 5.59. The number of hydrogen-bond donors (Lipinski definition) is 3. The zero-order chi connectivity index (χ0) is 26.0. The average molecular weight is 515 g/mol. The molecule has 36 heavy (non-hydrogen) atoms. The second-order valence-corrected chi connectivity index (χ2v) is 9.65. The largest absolute Gasteiger partial charge is 0.477 e. The molecule has 10 nitrogen and oxygen atoms in total. The summed E-state index contributed by atoms with van der Waals surface area (Å²) in [7, 11) is -3.67. The lowest BCUT2D eigenvalue weighted by atomic mass is 10.1. The van der Waals surface area contributed by atoms with Crippen LogP contribution >= 0.6 is 0 Å². The van der Waals surface area contributed by atoms with Crippen LogP contribution in [0, 0.1) is 5.82 Å². The van der Waals surface area contributed by atoms with E-state index in [4.69, 9.17) is 4.55 Å². The summed E-state index contributed by atoms with van der Waals surface area (Å²) in [5, 5.41) is 14.6. The summed E-state index contributed by atoms with van der Waals surface area (Å²) in [6.45, 7) is 2.57. The molecule has 0 aliphatic carbocycles. The van der Waals surface area contributed by atoms with Gasteiger partial charge in [-0.05, 0) is 17.5 Å². The second kappa shape index (κ2) is 10.0. The minimum absolute atomic E-state index is 0.0655. The lowest BCUT2D eigenvalue weighted by molar-refractivity contribution is 0.0695. The molecule has 1 saturated heterocycles. The van der Waals surface area contributed by atoms with Crippen LogP contribution in [0.25, 0.3) is 27.5 Å². The fraction of sp³-hybridized carbons (Fsp3) is 0.208. The Labute approximate surface area is 205 Å². The molecule has 0 amide bonds. The second-order valence-electron chi connectivity index (χ2n) is 8.18. The standard InChI is InChI=1S/C23H19FN4O3.CH4O3S/c24-18-12-16-20(29)17(23(30)31)13-28(19-7-3-5-14-4-1-2-6-15(14)19)21(16)26-22(18)27-10-8-25-9-11-27;1-5(2,3)4/h1-7,12-13,25H,8-11H2,(H,30,31);1H3,(H,2,3,4). The summed E-state index contributed by atoms with van der Waals surface area (Å²) < 4.78 is 42.4. The van der Waals surface area contributed by atoms with E-state index >= 15 is 0 Å². The Morgan fingerprint density at radius 2 is 1.72 bits per heavy atom. The van der Waals surface area contributed by atoms with Crippen molar-refractivity contribution in [3.63, 3.8) is 0 Å². The summed E-state index contributed by atoms with van der Waals surface area (Å²) in [6, 6.07) is 14.4. The van der Waals surface area contributed by atoms with Crippen LogP contribution in [-0.4, -0.2) is 66.0 Å². The van der Waals surface area contributed by atoms with Crippen LogP contribution in [0.1, 0.15) is 10.4 Å². The minimum Gasteiger partial charge on any atom is -0.477 e. The summed E-state index contributed by atoms with van der Waals surface area (Å²) in [4.78, 5) is 31.0. The number of pyridine rings is 2. The van der Waals surface area contributed by atoms with Crippen LogP contribution in [-0.2, 0) is 10.1 Å². The van der Waals surface area contributed by atoms with Gasteiger partial charge in [0.2, 0.25) is 5.43 Å². The highest BCUT2D eigenvalue weighted by Gasteiger charge is 2.22. The molecule has 4 aromatic rings. The van der Waals surface area contributed by atoms with Gasteiger partial charge < -0.3 is 15.3 Å². The van der Waals surface area contributed by atoms with Crippen molar-refractivity contribution >= 4 is 43.7 Å². The Balaban J connectivity index is 0.000000556. The molecule has 0 spiro atoms. The van der Waals surface area contributed by atoms with Crippen LogP contribution in [0.4, 0.5) is 10.2 Å². The van der Waals surface area contributed by atoms with Gasteiger partial charge in [-0.15, -0.1) is 0 Å². The summed E-state index contributed by atoms with van der Waals surface area (Å²) >= 11 is 0. The number of aromatic nitrogens is 2. The van der Waals surface area contributed by atoms with Gasteiger partial charge >= 0.3 is 5.97 Å². The number of aromatic carboxylic acids is 1. The van der Waals surface area contributed by atoms with Gasteiger partial charge in [-0.2, -0.15) is 8.42 Å². The van der Waals surface area contributed by atoms with E-state index in [0.717, 1.165) is 16.8 Å². The van der Waals surface area contributed by atoms with E-state index in [9.17, 15) is 27.5 Å². The van der Waals surface area contributed by atoms with Crippen molar-refractivity contribution < 1.29 is 27.3 Å². The molecule has 1 aliphatic heterocycles. The molecule has 1 aliphatic rings. The highest BCUT2D eigenvalue weighted by molar-refractivity contribution is 7.85. The molecule has 2 aromatic carbocycles. The highest BCUT2D eigenvalue weighted by Crippen LogP contribution is 2.27. The van der Waals surface area contributed by atoms with E-state index in [1.54, 1.807) is 4.57 Å². The maximum atomic E-state index is 15.0. The van der Waals surface area contributed by atoms with Crippen molar-refractivity contribution in [3.8, 4) is 5.69 Å². The first-order chi connectivity index (χ1) is 17.0. The molecule has 3 heterocycles. The van der Waals surface area contributed by atoms with Gasteiger partial charge in [0.05, 0.1) is 17.3 Å². The van der Waals surface area contributed by atoms with Crippen molar-refractivity contribution in [1.29, 1.82) is 0 Å². The first-order valence-corrected chi connectivity index (χ1v) is 12.7. The summed E-state index contributed by atoms with van der Waals surface area (Å²) in [5.74, 6) is -1.85. The number of carbonyl (C=O) groups is 1. The van der Waals surface area contributed by atoms with Crippen molar-refractivity contribution in [2.45, 2.75) is 0 Å². The number of carboxylic acid groups (broad SMARTS) is 1. The molecule has 0 unspecified atom stereocenters. The van der Waals surface area contributed by atoms with E-state index in [-0.39, 0.29) is 16.9 Å². The van der Waals surface area contributed by atoms with E-state index in [0.29, 0.717) is 38.1 Å². The van der Waals surface area contributed by atoms with Gasteiger partial charge in [-0.3, -0.25) is 13.9 Å². The summed E-state index contributed by atoms with van der Waals surface area (Å²) in [5.41, 5.74) is -0.300. The Hall–Kier alpha value is -3.87. The Morgan fingerprint density at radius 1 is 1.08 bits per heavy atom. The fourth-order valence-corrected chi connectivity index (χ4v) is 4.07. The molecular weight excluding hydrogens is 491 g/mol. The van der Waals surface area contributed by atoms with Crippen LogP contribution in [0.3, 0.4) is 0 Å². The molecule has 5 rings (SSSR count). The predicted molar refractivity (Wildman–Crippen MR) is 134 cm³/mol. The smallest absolute Gasteiger partial charge is 0.341 e. The maximum Gasteiger partial charge on any atom is 0.341 e. The van der Waals surface area contributed by atoms with Crippen LogP contribution in [0.15, 0.2) is 59.5 Å². The van der Waals surface area contributed by atoms with Crippen molar-refractivity contribution in [2.75, 3.05) is 37.3 Å². The fourth-order valence-electron chi connectivity index (χ4n) is 4.07. The first kappa shape index (κ1) is 25.2. The van der Waals surface area contributed by atoms with Gasteiger partial charge in [0.15, 0.2) is 17.3 Å². The zero-order valence-electron chi connectivity index (χ0n) is 19.2. The lowest BCUT2D eigenvalue weighted by Crippen LogP contribution is -2.44. The molecule has 12 heteroatoms. The number of anilines is 1. The van der Waals surface area contributed by atoms with Gasteiger partial charge in [0, 0.05) is 37.8 Å². The normalized spacial score (nSPS) is 13.9. The topological polar surface area (TPSA) is 142 Å². The monoisotopic (exact) mass is 514 g/mol. The number of nitrogens with one attached hydrogen (secondary N) is 1. The van der Waals surface area contributed by atoms with Crippen molar-refractivity contribution in [2.24, 2.45) is 0 Å². The lowest BCUT2D eigenvalue weighted by Gasteiger charge is -2.29. The number of carboxylic acids is 1. The maximum absolute atomic E-state index is 15.0. The van der Waals surface area contributed by atoms with E-state index in [2.05, 4.69) is 10.3 Å². The molecule has 0 atom stereocenters. The van der Waals surface area contributed by atoms with Gasteiger partial charge in [-0.1, -0.05) is 36.4 Å². The number of nitrogens with zero attached hydrogens (tertiary/aromatic N) is 3. The third kappa shape index (κ3) is 5.35. The Morgan fingerprint density at radius 3 is 2.39 bits per heavy atom. The summed E-state index contributed by atoms with van der Waals surface area (Å²) in [6.07, 6.45) is 1.99. The number of hydrogen-bond acceptors (Lipinski definition) is 7. The number of benzene rings is 2.